The van der Waals surface area contributed by atoms with Gasteiger partial charge in [-0.15, -0.1) is 0 Å². The van der Waals surface area contributed by atoms with Crippen LogP contribution in [0.15, 0.2) is 0 Å². The summed E-state index contributed by atoms with van der Waals surface area (Å²) in [5, 5.41) is 3.24. The number of ether oxygens (including phenoxy) is 1. The van der Waals surface area contributed by atoms with E-state index < -0.39 is 0 Å². The van der Waals surface area contributed by atoms with E-state index in [-0.39, 0.29) is 6.09 Å². The van der Waals surface area contributed by atoms with Crippen molar-refractivity contribution in [3.63, 3.8) is 0 Å². The number of amides is 1. The molecule has 0 aromatic rings. The Bertz CT molecular complexity index is 201. The molecule has 1 amide bonds. The number of carbonyl (C=O) groups is 1. The molecule has 4 nitrogen and oxygen atoms in total. The maximum Gasteiger partial charge on any atom is 0.409 e. The average Bonchev–Trinajstić information content (AvgIpc) is 2.46. The van der Waals surface area contributed by atoms with Crippen LogP contribution >= 0.6 is 0 Å². The van der Waals surface area contributed by atoms with Gasteiger partial charge in [-0.25, -0.2) is 4.79 Å². The van der Waals surface area contributed by atoms with Crippen molar-refractivity contribution >= 4 is 6.09 Å². The predicted octanol–water partition coefficient (Wildman–Crippen LogP) is 0.0481. The molecule has 0 aromatic carbocycles. The van der Waals surface area contributed by atoms with Crippen LogP contribution in [0.1, 0.15) is 6.42 Å². The van der Waals surface area contributed by atoms with Crippen LogP contribution in [0, 0.1) is 5.41 Å². The summed E-state index contributed by atoms with van der Waals surface area (Å²) in [6.07, 6.45) is 0.938. The molecule has 0 aromatic heterocycles. The lowest BCUT2D eigenvalue weighted by Gasteiger charge is -2.38. The second-order valence-electron chi connectivity index (χ2n) is 3.75. The van der Waals surface area contributed by atoms with Crippen LogP contribution in [0.25, 0.3) is 0 Å². The summed E-state index contributed by atoms with van der Waals surface area (Å²) >= 11 is 0. The Morgan fingerprint density at radius 3 is 2.75 bits per heavy atom. The van der Waals surface area contributed by atoms with Gasteiger partial charge in [0, 0.05) is 31.6 Å². The minimum atomic E-state index is -0.182. The highest BCUT2D eigenvalue weighted by Crippen LogP contribution is 2.33. The van der Waals surface area contributed by atoms with Crippen molar-refractivity contribution in [2.75, 3.05) is 33.3 Å². The van der Waals surface area contributed by atoms with Crippen molar-refractivity contribution in [3.8, 4) is 0 Å². The second-order valence-corrected chi connectivity index (χ2v) is 3.75. The molecule has 0 unspecified atom stereocenters. The lowest BCUT2D eigenvalue weighted by atomic mass is 9.81. The number of hydrogen-bond acceptors (Lipinski definition) is 3. The number of rotatable bonds is 0. The predicted molar refractivity (Wildman–Crippen MR) is 43.9 cm³/mol. The third kappa shape index (κ3) is 1.06. The van der Waals surface area contributed by atoms with Gasteiger partial charge in [-0.1, -0.05) is 0 Å². The maximum atomic E-state index is 11.1. The molecule has 1 spiro atoms. The molecule has 0 aliphatic carbocycles. The zero-order chi connectivity index (χ0) is 8.60. The molecule has 0 radical (unpaired) electrons. The van der Waals surface area contributed by atoms with Crippen LogP contribution in [-0.4, -0.2) is 44.3 Å². The zero-order valence-corrected chi connectivity index (χ0v) is 7.30. The van der Waals surface area contributed by atoms with Crippen LogP contribution in [0.4, 0.5) is 4.79 Å². The summed E-state index contributed by atoms with van der Waals surface area (Å²) in [5.41, 5.74) is 0.383. The number of methoxy groups -OCH3 is 1. The Labute approximate surface area is 71.9 Å². The Hall–Kier alpha value is -0.770. The summed E-state index contributed by atoms with van der Waals surface area (Å²) in [4.78, 5) is 12.9. The van der Waals surface area contributed by atoms with Gasteiger partial charge in [0.15, 0.2) is 0 Å². The van der Waals surface area contributed by atoms with Crippen molar-refractivity contribution in [1.82, 2.24) is 10.2 Å². The monoisotopic (exact) mass is 170 g/mol. The largest absolute Gasteiger partial charge is 0.453 e. The van der Waals surface area contributed by atoms with Gasteiger partial charge in [0.2, 0.25) is 0 Å². The Kier molecular flexibility index (Phi) is 1.72. The topological polar surface area (TPSA) is 41.6 Å². The molecule has 2 heterocycles. The molecule has 2 saturated heterocycles. The molecule has 68 valence electrons. The molecule has 12 heavy (non-hydrogen) atoms. The van der Waals surface area contributed by atoms with E-state index in [1.54, 1.807) is 4.90 Å². The van der Waals surface area contributed by atoms with Crippen LogP contribution in [0.2, 0.25) is 0 Å². The van der Waals surface area contributed by atoms with Crippen molar-refractivity contribution in [2.24, 2.45) is 5.41 Å². The molecule has 2 rings (SSSR count). The number of nitrogens with one attached hydrogen (secondary N) is 1. The number of hydrogen-bond donors (Lipinski definition) is 1. The molecule has 0 bridgehead atoms. The van der Waals surface area contributed by atoms with Crippen LogP contribution in [0.5, 0.6) is 0 Å². The van der Waals surface area contributed by atoms with Gasteiger partial charge in [0.05, 0.1) is 7.11 Å². The Balaban J connectivity index is 1.93. The second kappa shape index (κ2) is 2.62. The normalized spacial score (nSPS) is 25.6. The van der Waals surface area contributed by atoms with E-state index in [1.807, 2.05) is 0 Å². The molecule has 1 N–H and O–H groups in total. The average molecular weight is 170 g/mol. The van der Waals surface area contributed by atoms with Crippen molar-refractivity contribution in [2.45, 2.75) is 6.42 Å². The molecule has 2 aliphatic heterocycles. The Morgan fingerprint density at radius 2 is 2.33 bits per heavy atom. The third-order valence-electron chi connectivity index (χ3n) is 2.87. The van der Waals surface area contributed by atoms with Gasteiger partial charge in [-0.05, 0) is 6.42 Å². The molecule has 0 saturated carbocycles. The minimum absolute atomic E-state index is 0.182. The number of nitrogens with zero attached hydrogens (tertiary/aromatic N) is 1. The van der Waals surface area contributed by atoms with Gasteiger partial charge in [-0.2, -0.15) is 0 Å². The minimum Gasteiger partial charge on any atom is -0.453 e. The molecule has 2 fully saturated rings. The first kappa shape index (κ1) is 7.86. The van der Waals surface area contributed by atoms with Gasteiger partial charge in [-0.3, -0.25) is 0 Å². The van der Waals surface area contributed by atoms with E-state index in [9.17, 15) is 4.79 Å². The zero-order valence-electron chi connectivity index (χ0n) is 7.30. The van der Waals surface area contributed by atoms with E-state index in [4.69, 9.17) is 0 Å². The highest BCUT2D eigenvalue weighted by atomic mass is 16.5. The van der Waals surface area contributed by atoms with Crippen molar-refractivity contribution in [3.05, 3.63) is 0 Å². The summed E-state index contributed by atoms with van der Waals surface area (Å²) in [6.45, 7) is 3.84. The summed E-state index contributed by atoms with van der Waals surface area (Å²) in [6, 6.07) is 0. The van der Waals surface area contributed by atoms with Crippen molar-refractivity contribution in [1.29, 1.82) is 0 Å². The maximum absolute atomic E-state index is 11.1. The lowest BCUT2D eigenvalue weighted by Crippen LogP contribution is -2.55. The van der Waals surface area contributed by atoms with E-state index in [2.05, 4.69) is 10.1 Å². The third-order valence-corrected chi connectivity index (χ3v) is 2.87. The van der Waals surface area contributed by atoms with Gasteiger partial charge < -0.3 is 15.0 Å². The highest BCUT2D eigenvalue weighted by molar-refractivity contribution is 5.67. The molecule has 4 heteroatoms. The molecule has 2 aliphatic rings. The van der Waals surface area contributed by atoms with Crippen molar-refractivity contribution < 1.29 is 9.53 Å². The first-order valence-electron chi connectivity index (χ1n) is 4.29. The smallest absolute Gasteiger partial charge is 0.409 e. The SMILES string of the molecule is COC(=O)N1CCC2(CNC2)C1. The van der Waals surface area contributed by atoms with E-state index in [0.717, 1.165) is 32.6 Å². The van der Waals surface area contributed by atoms with E-state index in [0.29, 0.717) is 5.41 Å². The molecule has 0 atom stereocenters. The first-order valence-corrected chi connectivity index (χ1v) is 4.29. The first-order chi connectivity index (χ1) is 5.76. The quantitative estimate of drug-likeness (QED) is 0.558. The summed E-state index contributed by atoms with van der Waals surface area (Å²) in [7, 11) is 1.44. The van der Waals surface area contributed by atoms with Gasteiger partial charge in [0.1, 0.15) is 0 Å². The summed E-state index contributed by atoms with van der Waals surface area (Å²) in [5.74, 6) is 0. The molecular formula is C8H14N2O2. The van der Waals surface area contributed by atoms with Crippen LogP contribution < -0.4 is 5.32 Å². The highest BCUT2D eigenvalue weighted by Gasteiger charge is 2.44. The van der Waals surface area contributed by atoms with E-state index >= 15 is 0 Å². The van der Waals surface area contributed by atoms with Gasteiger partial charge in [0.25, 0.3) is 0 Å². The van der Waals surface area contributed by atoms with Crippen LogP contribution in [0.3, 0.4) is 0 Å². The lowest BCUT2D eigenvalue weighted by molar-refractivity contribution is 0.118. The standard InChI is InChI=1S/C8H14N2O2/c1-12-7(11)10-3-2-8(6-10)4-9-5-8/h9H,2-6H2,1H3. The molecular weight excluding hydrogens is 156 g/mol. The number of carbonyl (C=O) groups excluding carboxylic acids is 1. The fourth-order valence-electron chi connectivity index (χ4n) is 1.99. The fraction of sp³-hybridized carbons (Fsp3) is 0.875. The summed E-state index contributed by atoms with van der Waals surface area (Å²) < 4.78 is 4.66. The van der Waals surface area contributed by atoms with Crippen LogP contribution in [-0.2, 0) is 4.74 Å². The number of likely N-dealkylation sites (tertiary alicyclic amines) is 1. The fourth-order valence-corrected chi connectivity index (χ4v) is 1.99. The van der Waals surface area contributed by atoms with E-state index in [1.165, 1.54) is 7.11 Å². The Morgan fingerprint density at radius 1 is 1.58 bits per heavy atom. The van der Waals surface area contributed by atoms with Gasteiger partial charge >= 0.3 is 6.09 Å².